The summed E-state index contributed by atoms with van der Waals surface area (Å²) in [6.45, 7) is 0. The van der Waals surface area contributed by atoms with Gasteiger partial charge in [-0.05, 0) is 25.0 Å². The van der Waals surface area contributed by atoms with Crippen LogP contribution in [0.1, 0.15) is 44.4 Å². The maximum Gasteiger partial charge on any atom is 0.331 e. The highest BCUT2D eigenvalue weighted by atomic mass is 19.1. The molecule has 1 amide bonds. The predicted molar refractivity (Wildman–Crippen MR) is 96.2 cm³/mol. The van der Waals surface area contributed by atoms with Gasteiger partial charge in [0.2, 0.25) is 5.91 Å². The number of aromatic nitrogens is 1. The first kappa shape index (κ1) is 20.0. The molecule has 0 atom stereocenters. The summed E-state index contributed by atoms with van der Waals surface area (Å²) in [5, 5.41) is 2.82. The lowest BCUT2D eigenvalue weighted by Gasteiger charge is -2.35. The summed E-state index contributed by atoms with van der Waals surface area (Å²) in [5.41, 5.74) is -0.875. The number of hydrogen-bond donors (Lipinski definition) is 1. The SMILES string of the molecule is COC(=O)C1(NC(=O)CCc2ncc(-c3ccc(F)cc3F)o2)CCCCC1. The maximum absolute atomic E-state index is 13.8. The number of benzene rings is 1. The largest absolute Gasteiger partial charge is 0.467 e. The Morgan fingerprint density at radius 2 is 2.00 bits per heavy atom. The van der Waals surface area contributed by atoms with Gasteiger partial charge in [0.25, 0.3) is 0 Å². The van der Waals surface area contributed by atoms with E-state index in [-0.39, 0.29) is 36.0 Å². The second-order valence-corrected chi connectivity index (χ2v) is 6.92. The van der Waals surface area contributed by atoms with Crippen LogP contribution in [-0.2, 0) is 20.7 Å². The lowest BCUT2D eigenvalue weighted by atomic mass is 9.81. The van der Waals surface area contributed by atoms with Gasteiger partial charge < -0.3 is 14.5 Å². The van der Waals surface area contributed by atoms with Gasteiger partial charge in [0.15, 0.2) is 11.7 Å². The fourth-order valence-corrected chi connectivity index (χ4v) is 3.52. The van der Waals surface area contributed by atoms with E-state index in [9.17, 15) is 18.4 Å². The van der Waals surface area contributed by atoms with E-state index in [2.05, 4.69) is 10.3 Å². The molecule has 28 heavy (non-hydrogen) atoms. The minimum atomic E-state index is -0.969. The quantitative estimate of drug-likeness (QED) is 0.761. The molecule has 0 unspecified atom stereocenters. The van der Waals surface area contributed by atoms with Gasteiger partial charge in [-0.15, -0.1) is 0 Å². The number of aryl methyl sites for hydroxylation is 1. The average Bonchev–Trinajstić information content (AvgIpc) is 3.15. The van der Waals surface area contributed by atoms with E-state index in [0.717, 1.165) is 31.4 Å². The second-order valence-electron chi connectivity index (χ2n) is 6.92. The van der Waals surface area contributed by atoms with Crippen molar-refractivity contribution in [1.82, 2.24) is 10.3 Å². The molecule has 1 aromatic carbocycles. The lowest BCUT2D eigenvalue weighted by molar-refractivity contribution is -0.152. The molecule has 1 aliphatic carbocycles. The Morgan fingerprint density at radius 3 is 2.68 bits per heavy atom. The van der Waals surface area contributed by atoms with E-state index in [4.69, 9.17) is 9.15 Å². The third-order valence-electron chi connectivity index (χ3n) is 4.98. The van der Waals surface area contributed by atoms with Crippen molar-refractivity contribution in [3.63, 3.8) is 0 Å². The number of oxazole rings is 1. The van der Waals surface area contributed by atoms with Crippen LogP contribution < -0.4 is 5.32 Å². The molecule has 0 spiro atoms. The monoisotopic (exact) mass is 392 g/mol. The summed E-state index contributed by atoms with van der Waals surface area (Å²) < 4.78 is 37.2. The Morgan fingerprint density at radius 1 is 1.25 bits per heavy atom. The van der Waals surface area contributed by atoms with Gasteiger partial charge in [-0.3, -0.25) is 4.79 Å². The molecule has 1 saturated carbocycles. The molecule has 3 rings (SSSR count). The van der Waals surface area contributed by atoms with Crippen LogP contribution in [0.3, 0.4) is 0 Å². The third-order valence-corrected chi connectivity index (χ3v) is 4.98. The van der Waals surface area contributed by atoms with Crippen molar-refractivity contribution in [3.05, 3.63) is 41.9 Å². The van der Waals surface area contributed by atoms with E-state index < -0.39 is 23.1 Å². The zero-order valence-electron chi connectivity index (χ0n) is 15.6. The van der Waals surface area contributed by atoms with Gasteiger partial charge >= 0.3 is 5.97 Å². The first-order valence-electron chi connectivity index (χ1n) is 9.23. The van der Waals surface area contributed by atoms with Crippen LogP contribution in [0.2, 0.25) is 0 Å². The van der Waals surface area contributed by atoms with Gasteiger partial charge in [-0.2, -0.15) is 0 Å². The standard InChI is InChI=1S/C20H22F2N2O4/c1-27-19(26)20(9-3-2-4-10-20)24-17(25)7-8-18-23-12-16(28-18)14-6-5-13(21)11-15(14)22/h5-6,11-12H,2-4,7-10H2,1H3,(H,24,25). The smallest absolute Gasteiger partial charge is 0.331 e. The van der Waals surface area contributed by atoms with Crippen LogP contribution in [0.5, 0.6) is 0 Å². The van der Waals surface area contributed by atoms with Gasteiger partial charge in [0.05, 0.1) is 18.9 Å². The maximum atomic E-state index is 13.8. The lowest BCUT2D eigenvalue weighted by Crippen LogP contribution is -2.56. The molecule has 150 valence electrons. The highest BCUT2D eigenvalue weighted by Gasteiger charge is 2.41. The zero-order valence-corrected chi connectivity index (χ0v) is 15.6. The molecule has 1 aliphatic rings. The van der Waals surface area contributed by atoms with Gasteiger partial charge in [0, 0.05) is 18.9 Å². The number of methoxy groups -OCH3 is 1. The highest BCUT2D eigenvalue weighted by molar-refractivity contribution is 5.88. The molecular formula is C20H22F2N2O4. The zero-order chi connectivity index (χ0) is 20.1. The molecule has 0 radical (unpaired) electrons. The number of halogens is 2. The summed E-state index contributed by atoms with van der Waals surface area (Å²) >= 11 is 0. The number of esters is 1. The molecule has 8 heteroatoms. The normalized spacial score (nSPS) is 15.8. The molecule has 0 aliphatic heterocycles. The van der Waals surface area contributed by atoms with Crippen molar-refractivity contribution < 1.29 is 27.5 Å². The Balaban J connectivity index is 1.62. The number of rotatable bonds is 6. The Hall–Kier alpha value is -2.77. The van der Waals surface area contributed by atoms with Crippen molar-refractivity contribution in [2.45, 2.75) is 50.5 Å². The van der Waals surface area contributed by atoms with Crippen molar-refractivity contribution in [1.29, 1.82) is 0 Å². The third kappa shape index (κ3) is 4.37. The molecule has 1 fully saturated rings. The van der Waals surface area contributed by atoms with Crippen LogP contribution in [0, 0.1) is 11.6 Å². The predicted octanol–water partition coefficient (Wildman–Crippen LogP) is 3.54. The second kappa shape index (κ2) is 8.50. The first-order valence-corrected chi connectivity index (χ1v) is 9.23. The number of nitrogens with one attached hydrogen (secondary N) is 1. The molecule has 1 aromatic heterocycles. The number of ether oxygens (including phenoxy) is 1. The summed E-state index contributed by atoms with van der Waals surface area (Å²) in [4.78, 5) is 28.6. The minimum Gasteiger partial charge on any atom is -0.467 e. The van der Waals surface area contributed by atoms with Crippen LogP contribution in [0.15, 0.2) is 28.8 Å². The Kier molecular flexibility index (Phi) is 6.06. The number of carbonyl (C=O) groups is 2. The van der Waals surface area contributed by atoms with Crippen molar-refractivity contribution >= 4 is 11.9 Å². The van der Waals surface area contributed by atoms with Crippen LogP contribution >= 0.6 is 0 Å². The summed E-state index contributed by atoms with van der Waals surface area (Å²) in [7, 11) is 1.31. The fourth-order valence-electron chi connectivity index (χ4n) is 3.52. The topological polar surface area (TPSA) is 81.4 Å². The number of amides is 1. The van der Waals surface area contributed by atoms with Crippen molar-refractivity contribution in [2.24, 2.45) is 0 Å². The van der Waals surface area contributed by atoms with E-state index in [1.807, 2.05) is 0 Å². The minimum absolute atomic E-state index is 0.0601. The van der Waals surface area contributed by atoms with E-state index >= 15 is 0 Å². The highest BCUT2D eigenvalue weighted by Crippen LogP contribution is 2.30. The van der Waals surface area contributed by atoms with Gasteiger partial charge in [-0.1, -0.05) is 19.3 Å². The average molecular weight is 392 g/mol. The molecule has 0 bridgehead atoms. The molecule has 1 heterocycles. The van der Waals surface area contributed by atoms with Crippen LogP contribution in [0.25, 0.3) is 11.3 Å². The molecule has 2 aromatic rings. The summed E-state index contributed by atoms with van der Waals surface area (Å²) in [6, 6.07) is 3.16. The number of carbonyl (C=O) groups excluding carboxylic acids is 2. The molecule has 6 nitrogen and oxygen atoms in total. The molecular weight excluding hydrogens is 370 g/mol. The van der Waals surface area contributed by atoms with E-state index in [1.165, 1.54) is 19.4 Å². The van der Waals surface area contributed by atoms with Crippen LogP contribution in [0.4, 0.5) is 8.78 Å². The number of nitrogens with zero attached hydrogens (tertiary/aromatic N) is 1. The summed E-state index contributed by atoms with van der Waals surface area (Å²) in [5.74, 6) is -1.75. The fraction of sp³-hybridized carbons (Fsp3) is 0.450. The molecule has 0 saturated heterocycles. The van der Waals surface area contributed by atoms with Crippen molar-refractivity contribution in [3.8, 4) is 11.3 Å². The van der Waals surface area contributed by atoms with Gasteiger partial charge in [0.1, 0.15) is 17.2 Å². The van der Waals surface area contributed by atoms with Crippen LogP contribution in [-0.4, -0.2) is 29.5 Å². The summed E-state index contributed by atoms with van der Waals surface area (Å²) in [6.07, 6.45) is 5.41. The van der Waals surface area contributed by atoms with E-state index in [0.29, 0.717) is 12.8 Å². The Bertz CT molecular complexity index is 860. The van der Waals surface area contributed by atoms with Crippen molar-refractivity contribution in [2.75, 3.05) is 7.11 Å². The van der Waals surface area contributed by atoms with E-state index in [1.54, 1.807) is 0 Å². The first-order chi connectivity index (χ1) is 13.4. The van der Waals surface area contributed by atoms with Gasteiger partial charge in [-0.25, -0.2) is 18.6 Å². The molecule has 1 N–H and O–H groups in total. The Labute approximate surface area is 161 Å². The number of hydrogen-bond acceptors (Lipinski definition) is 5.